The summed E-state index contributed by atoms with van der Waals surface area (Å²) < 4.78 is 111. The summed E-state index contributed by atoms with van der Waals surface area (Å²) in [5.74, 6) is -5.26. The van der Waals surface area contributed by atoms with Crippen molar-refractivity contribution in [1.29, 1.82) is 0 Å². The minimum absolute atomic E-state index is 0. The molecule has 8 aromatic rings. The molecule has 37 heteroatoms. The number of anilines is 4. The van der Waals surface area contributed by atoms with Gasteiger partial charge in [0.2, 0.25) is 41.4 Å². The van der Waals surface area contributed by atoms with Crippen LogP contribution in [0, 0.1) is 0 Å². The molecule has 0 saturated carbocycles. The lowest BCUT2D eigenvalue weighted by molar-refractivity contribution is -0.277. The second-order valence-corrected chi connectivity index (χ2v) is 18.6. The first-order chi connectivity index (χ1) is 41.2. The number of fused-ring (bicyclic) bond motifs is 2. The van der Waals surface area contributed by atoms with E-state index in [1.54, 1.807) is 48.8 Å². The molecule has 8 N–H and O–H groups in total. The number of aliphatic carboxylic acids is 1. The van der Waals surface area contributed by atoms with E-state index < -0.39 is 79.1 Å². The van der Waals surface area contributed by atoms with Gasteiger partial charge in [0.15, 0.2) is 11.6 Å². The molecule has 2 saturated heterocycles. The molecule has 4 atom stereocenters. The van der Waals surface area contributed by atoms with E-state index in [0.717, 1.165) is 28.2 Å². The Labute approximate surface area is 519 Å². The summed E-state index contributed by atoms with van der Waals surface area (Å²) in [5.41, 5.74) is 15.2. The molecule has 472 valence electrons. The van der Waals surface area contributed by atoms with E-state index >= 15 is 0 Å². The van der Waals surface area contributed by atoms with E-state index in [1.807, 2.05) is 0 Å². The van der Waals surface area contributed by atoms with Gasteiger partial charge in [-0.25, -0.2) is 28.7 Å². The number of pyridine rings is 2. The summed E-state index contributed by atoms with van der Waals surface area (Å²) in [6.07, 6.45) is -6.59. The van der Waals surface area contributed by atoms with Crippen LogP contribution < -0.4 is 36.9 Å². The number of benzene rings is 2. The highest BCUT2D eigenvalue weighted by molar-refractivity contribution is 8.07. The van der Waals surface area contributed by atoms with Gasteiger partial charge in [-0.05, 0) is 47.5 Å². The first-order valence-corrected chi connectivity index (χ1v) is 26.5. The molecule has 6 aromatic heterocycles. The van der Waals surface area contributed by atoms with Crippen LogP contribution in [0.2, 0.25) is 0 Å². The van der Waals surface area contributed by atoms with Crippen molar-refractivity contribution in [2.75, 3.05) is 35.2 Å². The quantitative estimate of drug-likeness (QED) is 0.0489. The number of nitrogens with zero attached hydrogens (tertiary/aromatic N) is 11. The van der Waals surface area contributed by atoms with Gasteiger partial charge in [-0.1, -0.05) is 24.3 Å². The number of nitrogens with two attached hydrogens (primary N) is 2. The van der Waals surface area contributed by atoms with Crippen LogP contribution in [-0.2, 0) is 54.6 Å². The lowest BCUT2D eigenvalue weighted by atomic mass is 10.0. The summed E-state index contributed by atoms with van der Waals surface area (Å²) in [6.45, 7) is 1.67. The number of nitrogen functional groups attached to an aromatic ring is 2. The maximum Gasteiger partial charge on any atom is 0.574 e. The summed E-state index contributed by atoms with van der Waals surface area (Å²) in [6, 6.07) is 15.3. The highest BCUT2D eigenvalue weighted by atomic mass is 35.5. The topological polar surface area (TPSA) is 345 Å². The Hall–Kier alpha value is -9.26. The van der Waals surface area contributed by atoms with E-state index in [-0.39, 0.29) is 105 Å². The predicted octanol–water partition coefficient (Wildman–Crippen LogP) is 6.66. The zero-order valence-electron chi connectivity index (χ0n) is 45.8. The number of carboxylic acids is 1. The van der Waals surface area contributed by atoms with E-state index in [2.05, 4.69) is 87.9 Å². The first-order valence-electron chi connectivity index (χ1n) is 25.1. The zero-order chi connectivity index (χ0) is 63.5. The Morgan fingerprint density at radius 2 is 1.09 bits per heavy atom. The lowest BCUT2D eigenvalue weighted by Crippen LogP contribution is -2.44. The van der Waals surface area contributed by atoms with Gasteiger partial charge in [0.05, 0.1) is 23.6 Å². The second-order valence-electron chi connectivity index (χ2n) is 18.6. The normalized spacial score (nSPS) is 15.9. The number of hydrogen-bond acceptors (Lipinski definition) is 21. The van der Waals surface area contributed by atoms with E-state index in [0.29, 0.717) is 32.9 Å². The van der Waals surface area contributed by atoms with Gasteiger partial charge in [0.25, 0.3) is 0 Å². The van der Waals surface area contributed by atoms with Crippen LogP contribution in [0.3, 0.4) is 0 Å². The molecule has 2 aromatic carbocycles. The third-order valence-electron chi connectivity index (χ3n) is 12.4. The lowest BCUT2D eigenvalue weighted by Gasteiger charge is -2.23. The van der Waals surface area contributed by atoms with E-state index in [1.165, 1.54) is 59.9 Å². The van der Waals surface area contributed by atoms with Crippen molar-refractivity contribution in [2.45, 2.75) is 76.9 Å². The average molecular weight is 1330 g/mol. The number of aromatic nitrogens is 10. The molecule has 2 aliphatic rings. The molecule has 0 unspecified atom stereocenters. The van der Waals surface area contributed by atoms with Gasteiger partial charge in [0, 0.05) is 114 Å². The number of carbonyl (C=O) groups is 6. The minimum Gasteiger partial charge on any atom is -0.480 e. The number of alkyl halides is 8. The molecule has 0 aliphatic carbocycles. The summed E-state index contributed by atoms with van der Waals surface area (Å²) in [7, 11) is 0. The van der Waals surface area contributed by atoms with Gasteiger partial charge in [-0.3, -0.25) is 38.1 Å². The Morgan fingerprint density at radius 1 is 0.652 bits per heavy atom. The standard InChI is InChI=1S/C26H22F4N8O4.C15H13N5O3.C11H11F4N3O2.ClH.S2.H2S/c1-13(39)23-17-7-14(15-9-32-25(31)33-10-15)5-6-18(17)38(36-23)12-22(40)37-11-16(27)8-19(37)24(41)35-20-3-2-4-21(34-20)42-26(28,29)30;1-8(21)14-11-4-9(10-5-17-15(16)18-6-10)2-3-12(11)20(19-14)7-13(22)23;12-6-4-7(16-5-6)10(19)18-8-2-1-3-9(17-8)20-11(13,14)15;;1-2;/h2-7,9-10,16,19H,8,11-12H2,1H3,(H2,31,32,33)(H,34,35,41);2-6H,7H2,1H3,(H,22,23)(H2,16,17,18);1-3,6-7,16H,4-5H2,(H,17,18,19);1H;;1H2/t16-,19+;;6-,7+;;;/m1.1.../s1. The van der Waals surface area contributed by atoms with Crippen molar-refractivity contribution in [2.24, 2.45) is 0 Å². The number of carboxylic acid groups (broad SMARTS) is 1. The number of amides is 3. The maximum absolute atomic E-state index is 14.4. The van der Waals surface area contributed by atoms with Gasteiger partial charge >= 0.3 is 18.7 Å². The van der Waals surface area contributed by atoms with Crippen molar-refractivity contribution < 1.29 is 78.5 Å². The molecule has 0 radical (unpaired) electrons. The van der Waals surface area contributed by atoms with Crippen molar-refractivity contribution >= 4 is 129 Å². The molecule has 2 aliphatic heterocycles. The number of Topliss-reactive ketones (excluding diaryl/α,β-unsaturated/α-hetero) is 2. The molecular weight excluding hydrogens is 1280 g/mol. The number of ether oxygens (including phenoxy) is 2. The van der Waals surface area contributed by atoms with Crippen molar-refractivity contribution in [3.05, 3.63) is 109 Å². The largest absolute Gasteiger partial charge is 0.574 e. The smallest absolute Gasteiger partial charge is 0.480 e. The maximum atomic E-state index is 14.4. The summed E-state index contributed by atoms with van der Waals surface area (Å²) in [5, 5.41) is 25.7. The van der Waals surface area contributed by atoms with Gasteiger partial charge in [-0.2, -0.15) is 33.7 Å². The van der Waals surface area contributed by atoms with Crippen molar-refractivity contribution in [1.82, 2.24) is 59.7 Å². The monoisotopic (exact) mass is 1320 g/mol. The van der Waals surface area contributed by atoms with Crippen LogP contribution in [0.5, 0.6) is 11.8 Å². The van der Waals surface area contributed by atoms with E-state index in [9.17, 15) is 63.9 Å². The van der Waals surface area contributed by atoms with Crippen LogP contribution in [0.25, 0.3) is 44.1 Å². The third kappa shape index (κ3) is 19.1. The van der Waals surface area contributed by atoms with E-state index in [4.69, 9.17) is 16.6 Å². The Balaban J connectivity index is 0.000000259. The van der Waals surface area contributed by atoms with Gasteiger partial charge in [-0.15, -0.1) is 38.7 Å². The number of likely N-dealkylation sites (tertiary alicyclic amines) is 1. The fourth-order valence-corrected chi connectivity index (χ4v) is 8.74. The fraction of sp³-hybridized carbons (Fsp3) is 0.269. The zero-order valence-corrected chi connectivity index (χ0v) is 49.3. The van der Waals surface area contributed by atoms with Crippen LogP contribution >= 0.6 is 25.9 Å². The molecule has 0 spiro atoms. The summed E-state index contributed by atoms with van der Waals surface area (Å²) >= 11 is 7.33. The molecule has 3 amide bonds. The third-order valence-corrected chi connectivity index (χ3v) is 12.4. The molecule has 8 heterocycles. The minimum atomic E-state index is -4.99. The molecule has 89 heavy (non-hydrogen) atoms. The first kappa shape index (κ1) is 70.5. The number of halogens is 9. The highest BCUT2D eigenvalue weighted by Crippen LogP contribution is 2.31. The molecule has 10 rings (SSSR count). The van der Waals surface area contributed by atoms with Crippen LogP contribution in [0.4, 0.5) is 58.7 Å². The molecule has 25 nitrogen and oxygen atoms in total. The fourth-order valence-electron chi connectivity index (χ4n) is 8.74. The van der Waals surface area contributed by atoms with Gasteiger partial charge in [0.1, 0.15) is 54.5 Å². The number of ketones is 2. The van der Waals surface area contributed by atoms with Crippen molar-refractivity contribution in [3.8, 4) is 34.0 Å². The summed E-state index contributed by atoms with van der Waals surface area (Å²) in [4.78, 5) is 97.0. The SMILES string of the molecule is CC(=O)c1nn(CC(=O)N2C[C@H](F)C[C@H]2C(=O)Nc2cccc(OC(F)(F)F)n2)c2ccc(-c3cnc(N)nc3)cc12.CC(=O)c1nn(CC(=O)O)c2ccc(-c3cnc(N)nc3)cc12.Cl.O=C(Nc1cccc(OC(F)(F)F)n1)[C@@H]1C[C@@H](F)CN1.S.S=S. The van der Waals surface area contributed by atoms with Gasteiger partial charge < -0.3 is 46.9 Å². The number of nitrogens with one attached hydrogen (secondary N) is 3. The highest BCUT2D eigenvalue weighted by Gasteiger charge is 2.41. The van der Waals surface area contributed by atoms with Crippen LogP contribution in [-0.4, -0.2) is 145 Å². The van der Waals surface area contributed by atoms with Crippen molar-refractivity contribution in [3.63, 3.8) is 0 Å². The Morgan fingerprint density at radius 3 is 1.49 bits per heavy atom. The van der Waals surface area contributed by atoms with Crippen LogP contribution in [0.1, 0.15) is 47.7 Å². The molecule has 2 fully saturated rings. The number of rotatable bonds is 14. The van der Waals surface area contributed by atoms with Crippen LogP contribution in [0.15, 0.2) is 97.6 Å². The predicted molar refractivity (Wildman–Crippen MR) is 316 cm³/mol. The Kier molecular flexibility index (Phi) is 24.2. The second kappa shape index (κ2) is 30.6. The average Bonchev–Trinajstić information content (AvgIpc) is 2.10. The molecular formula is C52H49ClF8N16O9S3. The number of carbonyl (C=O) groups excluding carboxylic acids is 5. The number of hydrogen-bond donors (Lipinski definition) is 6. The Bertz CT molecular complexity index is 3860. The molecule has 0 bridgehead atoms.